The summed E-state index contributed by atoms with van der Waals surface area (Å²) in [5, 5.41) is 62.2. The summed E-state index contributed by atoms with van der Waals surface area (Å²) in [7, 11) is 0. The average Bonchev–Trinajstić information content (AvgIpc) is 3.05. The number of hydrogen-bond donors (Lipinski definition) is 6. The van der Waals surface area contributed by atoms with Gasteiger partial charge in [0.1, 0.15) is 55.4 Å². The molecule has 0 aromatic rings. The fourth-order valence-electron chi connectivity index (χ4n) is 5.71. The van der Waals surface area contributed by atoms with E-state index in [2.05, 4.69) is 12.2 Å². The number of allylic oxidation sites excluding steroid dienone is 2. The van der Waals surface area contributed by atoms with Gasteiger partial charge in [-0.15, -0.1) is 0 Å². The van der Waals surface area contributed by atoms with Crippen molar-refractivity contribution in [3.8, 4) is 0 Å². The van der Waals surface area contributed by atoms with Gasteiger partial charge in [-0.05, 0) is 52.4 Å². The molecule has 2 saturated heterocycles. The number of aliphatic hydroxyl groups is 6. The van der Waals surface area contributed by atoms with Crippen LogP contribution in [0, 0.1) is 0 Å². The largest absolute Gasteiger partial charge is 0.466 e. The molecule has 0 saturated carbocycles. The van der Waals surface area contributed by atoms with Crippen LogP contribution in [0.15, 0.2) is 12.2 Å². The van der Waals surface area contributed by atoms with Crippen LogP contribution >= 0.6 is 0 Å². The highest BCUT2D eigenvalue weighted by atomic mass is 16.8. The summed E-state index contributed by atoms with van der Waals surface area (Å²) in [5.41, 5.74) is 0. The van der Waals surface area contributed by atoms with Crippen LogP contribution in [0.1, 0.15) is 104 Å². The molecular formula is C34H60O14. The summed E-state index contributed by atoms with van der Waals surface area (Å²) in [5.74, 6) is -0.749. The predicted octanol–water partition coefficient (Wildman–Crippen LogP) is 1.78. The van der Waals surface area contributed by atoms with Gasteiger partial charge in [0.2, 0.25) is 0 Å². The maximum Gasteiger partial charge on any atom is 0.305 e. The molecule has 0 amide bonds. The maximum atomic E-state index is 11.3. The van der Waals surface area contributed by atoms with Gasteiger partial charge in [0.05, 0.1) is 19.3 Å². The Morgan fingerprint density at radius 1 is 0.729 bits per heavy atom. The van der Waals surface area contributed by atoms with Crippen LogP contribution in [0.5, 0.6) is 0 Å². The summed E-state index contributed by atoms with van der Waals surface area (Å²) in [4.78, 5) is 22.6. The van der Waals surface area contributed by atoms with Gasteiger partial charge in [0.25, 0.3) is 0 Å². The number of hydrogen-bond acceptors (Lipinski definition) is 14. The van der Waals surface area contributed by atoms with E-state index in [0.717, 1.165) is 77.6 Å². The van der Waals surface area contributed by atoms with E-state index in [0.29, 0.717) is 19.4 Å². The Bertz CT molecular complexity index is 918. The third kappa shape index (κ3) is 15.0. The van der Waals surface area contributed by atoms with E-state index >= 15 is 0 Å². The Morgan fingerprint density at radius 3 is 1.94 bits per heavy atom. The van der Waals surface area contributed by atoms with Crippen LogP contribution in [0.25, 0.3) is 0 Å². The van der Waals surface area contributed by atoms with Gasteiger partial charge in [-0.25, -0.2) is 0 Å². The number of unbranched alkanes of at least 4 members (excludes halogenated alkanes) is 9. The molecule has 2 fully saturated rings. The molecule has 2 aliphatic heterocycles. The Labute approximate surface area is 284 Å². The van der Waals surface area contributed by atoms with Crippen molar-refractivity contribution in [1.82, 2.24) is 0 Å². The topological polar surface area (TPSA) is 211 Å². The van der Waals surface area contributed by atoms with Gasteiger partial charge in [-0.2, -0.15) is 0 Å². The Balaban J connectivity index is 1.72. The first-order valence-corrected chi connectivity index (χ1v) is 17.6. The van der Waals surface area contributed by atoms with E-state index in [-0.39, 0.29) is 12.1 Å². The zero-order valence-corrected chi connectivity index (χ0v) is 28.8. The Morgan fingerprint density at radius 2 is 1.31 bits per heavy atom. The van der Waals surface area contributed by atoms with Crippen molar-refractivity contribution < 1.29 is 68.6 Å². The van der Waals surface area contributed by atoms with E-state index < -0.39 is 80.6 Å². The minimum Gasteiger partial charge on any atom is -0.466 e. The molecule has 14 nitrogen and oxygen atoms in total. The monoisotopic (exact) mass is 692 g/mol. The second-order valence-electron chi connectivity index (χ2n) is 12.6. The minimum absolute atomic E-state index is 0.107. The van der Waals surface area contributed by atoms with E-state index in [1.54, 1.807) is 0 Å². The molecule has 2 rings (SSSR count). The summed E-state index contributed by atoms with van der Waals surface area (Å²) in [6.07, 6.45) is 1.87. The molecular weight excluding hydrogens is 632 g/mol. The van der Waals surface area contributed by atoms with Crippen molar-refractivity contribution in [3.05, 3.63) is 12.2 Å². The van der Waals surface area contributed by atoms with Crippen LogP contribution in [-0.2, 0) is 38.0 Å². The van der Waals surface area contributed by atoms with Crippen LogP contribution in [0.2, 0.25) is 0 Å². The molecule has 0 spiro atoms. The molecule has 11 atom stereocenters. The maximum absolute atomic E-state index is 11.3. The summed E-state index contributed by atoms with van der Waals surface area (Å²) in [6.45, 7) is 4.24. The lowest BCUT2D eigenvalue weighted by atomic mass is 9.97. The fourth-order valence-corrected chi connectivity index (χ4v) is 5.71. The number of ether oxygens (including phenoxy) is 6. The molecule has 14 heteroatoms. The molecule has 280 valence electrons. The molecule has 0 aliphatic carbocycles. The highest BCUT2D eigenvalue weighted by molar-refractivity contribution is 5.69. The van der Waals surface area contributed by atoms with Gasteiger partial charge in [0, 0.05) is 13.3 Å². The van der Waals surface area contributed by atoms with Crippen molar-refractivity contribution in [3.63, 3.8) is 0 Å². The predicted molar refractivity (Wildman–Crippen MR) is 172 cm³/mol. The molecule has 0 aromatic heterocycles. The van der Waals surface area contributed by atoms with Crippen LogP contribution in [0.4, 0.5) is 0 Å². The van der Waals surface area contributed by atoms with Crippen LogP contribution in [0.3, 0.4) is 0 Å². The molecule has 1 unspecified atom stereocenters. The fraction of sp³-hybridized carbons (Fsp3) is 0.882. The molecule has 48 heavy (non-hydrogen) atoms. The molecule has 0 radical (unpaired) electrons. The quantitative estimate of drug-likeness (QED) is 0.0512. The van der Waals surface area contributed by atoms with E-state index in [1.807, 2.05) is 13.8 Å². The summed E-state index contributed by atoms with van der Waals surface area (Å²) < 4.78 is 32.9. The van der Waals surface area contributed by atoms with E-state index in [4.69, 9.17) is 28.4 Å². The van der Waals surface area contributed by atoms with Gasteiger partial charge in [-0.3, -0.25) is 9.59 Å². The number of carbonyl (C=O) groups is 2. The Kier molecular flexibility index (Phi) is 20.9. The van der Waals surface area contributed by atoms with E-state index in [9.17, 15) is 40.2 Å². The van der Waals surface area contributed by atoms with Crippen molar-refractivity contribution in [1.29, 1.82) is 0 Å². The van der Waals surface area contributed by atoms with Crippen molar-refractivity contribution >= 4 is 11.9 Å². The van der Waals surface area contributed by atoms with Crippen LogP contribution < -0.4 is 0 Å². The summed E-state index contributed by atoms with van der Waals surface area (Å²) in [6, 6.07) is 0. The smallest absolute Gasteiger partial charge is 0.305 e. The molecule has 2 heterocycles. The molecule has 6 N–H and O–H groups in total. The SMILES string of the molecule is CCOC(=O)CCCCCCC/C=C\CCCCCCC(C)O[C@@H]1O[C@H](CO)[C@@H](O)[C@H](O)[C@H]1O[C@@H]1O[C@H](COC(C)=O)[C@@H](O)[C@H](O)[C@H]1O. The van der Waals surface area contributed by atoms with Gasteiger partial charge >= 0.3 is 11.9 Å². The van der Waals surface area contributed by atoms with Crippen molar-refractivity contribution in [2.75, 3.05) is 19.8 Å². The Hall–Kier alpha value is -1.72. The van der Waals surface area contributed by atoms with E-state index in [1.165, 1.54) is 0 Å². The number of esters is 2. The molecule has 0 bridgehead atoms. The lowest BCUT2D eigenvalue weighted by Crippen LogP contribution is -2.65. The molecule has 0 aromatic carbocycles. The third-order valence-electron chi connectivity index (χ3n) is 8.56. The number of aliphatic hydroxyl groups excluding tert-OH is 6. The second kappa shape index (κ2) is 23.6. The van der Waals surface area contributed by atoms with Gasteiger partial charge < -0.3 is 59.1 Å². The highest BCUT2D eigenvalue weighted by Crippen LogP contribution is 2.31. The summed E-state index contributed by atoms with van der Waals surface area (Å²) >= 11 is 0. The average molecular weight is 693 g/mol. The van der Waals surface area contributed by atoms with Gasteiger partial charge in [0.15, 0.2) is 12.6 Å². The lowest BCUT2D eigenvalue weighted by Gasteiger charge is -2.46. The third-order valence-corrected chi connectivity index (χ3v) is 8.56. The highest BCUT2D eigenvalue weighted by Gasteiger charge is 2.51. The second-order valence-corrected chi connectivity index (χ2v) is 12.6. The lowest BCUT2D eigenvalue weighted by molar-refractivity contribution is -0.371. The van der Waals surface area contributed by atoms with Crippen molar-refractivity contribution in [2.24, 2.45) is 0 Å². The normalized spacial score (nSPS) is 31.5. The first-order valence-electron chi connectivity index (χ1n) is 17.6. The zero-order chi connectivity index (χ0) is 35.5. The number of carbonyl (C=O) groups excluding carboxylic acids is 2. The van der Waals surface area contributed by atoms with Crippen molar-refractivity contribution in [2.45, 2.75) is 172 Å². The van der Waals surface area contributed by atoms with Gasteiger partial charge in [-0.1, -0.05) is 50.7 Å². The first-order chi connectivity index (χ1) is 23.0. The molecule has 2 aliphatic rings. The minimum atomic E-state index is -1.75. The number of rotatable bonds is 23. The first kappa shape index (κ1) is 42.4. The van der Waals surface area contributed by atoms with Crippen LogP contribution in [-0.4, -0.2) is 130 Å². The standard InChI is InChI=1S/C34H60O14/c1-4-43-26(37)19-17-15-13-11-9-7-5-6-8-10-12-14-16-18-22(2)45-34-32(30(41)27(38)24(20-35)46-34)48-33-31(42)29(40)28(39)25(47-33)21-44-23(3)36/h5-6,22,24-25,27-35,38-42H,4,7-21H2,1-3H3/b6-5-/t22?,24-,25-,27-,28-,29+,30+,31-,32-,33+,34-/m1/s1. The zero-order valence-electron chi connectivity index (χ0n) is 28.8.